The van der Waals surface area contributed by atoms with E-state index in [4.69, 9.17) is 33.2 Å². The molecule has 0 atom stereocenters. The molecule has 44 heavy (non-hydrogen) atoms. The Kier molecular flexibility index (Phi) is 26.3. The lowest BCUT2D eigenvalue weighted by Gasteiger charge is -2.09. The van der Waals surface area contributed by atoms with Crippen LogP contribution < -0.4 is 5.32 Å². The number of hydrogen-bond donors (Lipinski definition) is 1. The summed E-state index contributed by atoms with van der Waals surface area (Å²) < 4.78 is 38.3. The molecule has 14 heteroatoms. The molecule has 0 aliphatic carbocycles. The zero-order valence-electron chi connectivity index (χ0n) is 26.4. The molecule has 14 nitrogen and oxygen atoms in total. The lowest BCUT2D eigenvalue weighted by molar-refractivity contribution is -0.393. The van der Waals surface area contributed by atoms with E-state index >= 15 is 0 Å². The van der Waals surface area contributed by atoms with Crippen LogP contribution in [0.25, 0.3) is 0 Å². The van der Waals surface area contributed by atoms with Crippen molar-refractivity contribution in [3.63, 3.8) is 0 Å². The first-order valence-electron chi connectivity index (χ1n) is 15.8. The SMILES string of the molecule is CCCCCCCCCCOCCOCCOCCOCCOCCOCCOCCNc1ccc([N+](=O)[O-])cc1[N+](=O)[O-]. The quantitative estimate of drug-likeness (QED) is 0.0616. The normalized spacial score (nSPS) is 11.2. The molecule has 1 aromatic rings. The van der Waals surface area contributed by atoms with Gasteiger partial charge in [0, 0.05) is 19.2 Å². The van der Waals surface area contributed by atoms with Crippen molar-refractivity contribution in [3.05, 3.63) is 38.4 Å². The number of nitro groups is 2. The summed E-state index contributed by atoms with van der Waals surface area (Å²) in [6.07, 6.45) is 10.4. The summed E-state index contributed by atoms with van der Waals surface area (Å²) in [5.74, 6) is 0. The lowest BCUT2D eigenvalue weighted by Crippen LogP contribution is -2.15. The second-order valence-corrected chi connectivity index (χ2v) is 9.90. The Balaban J connectivity index is 1.76. The Morgan fingerprint density at radius 2 is 0.955 bits per heavy atom. The van der Waals surface area contributed by atoms with E-state index in [0.717, 1.165) is 19.1 Å². The molecule has 0 unspecified atom stereocenters. The Bertz CT molecular complexity index is 848. The minimum absolute atomic E-state index is 0.194. The zero-order valence-corrected chi connectivity index (χ0v) is 26.4. The van der Waals surface area contributed by atoms with Gasteiger partial charge in [-0.1, -0.05) is 51.9 Å². The van der Waals surface area contributed by atoms with Crippen LogP contribution in [-0.4, -0.2) is 109 Å². The maximum Gasteiger partial charge on any atom is 0.299 e. The average Bonchev–Trinajstić information content (AvgIpc) is 3.01. The maximum atomic E-state index is 11.1. The average molecular weight is 632 g/mol. The number of anilines is 1. The molecule has 0 aliphatic heterocycles. The van der Waals surface area contributed by atoms with Crippen molar-refractivity contribution in [2.24, 2.45) is 0 Å². The van der Waals surface area contributed by atoms with Gasteiger partial charge in [-0.15, -0.1) is 0 Å². The van der Waals surface area contributed by atoms with Crippen molar-refractivity contribution in [1.82, 2.24) is 0 Å². The van der Waals surface area contributed by atoms with Gasteiger partial charge >= 0.3 is 0 Å². The van der Waals surface area contributed by atoms with Crippen molar-refractivity contribution in [2.45, 2.75) is 58.3 Å². The first-order chi connectivity index (χ1) is 21.6. The molecule has 0 saturated heterocycles. The van der Waals surface area contributed by atoms with Gasteiger partial charge in [0.2, 0.25) is 0 Å². The van der Waals surface area contributed by atoms with E-state index < -0.39 is 9.85 Å². The number of ether oxygens (including phenoxy) is 7. The standard InChI is InChI=1S/C30H53N3O11/c1-2-3-4-5-6-7-8-9-13-38-15-17-40-19-21-42-23-25-44-26-24-43-22-20-41-18-16-39-14-12-31-29-11-10-28(32(34)35)27-30(29)33(36)37/h10-11,27,31H,2-9,12-26H2,1H3. The van der Waals surface area contributed by atoms with Gasteiger partial charge in [-0.2, -0.15) is 0 Å². The second kappa shape index (κ2) is 29.3. The van der Waals surface area contributed by atoms with Crippen LogP contribution in [0.1, 0.15) is 58.3 Å². The molecule has 0 saturated carbocycles. The summed E-state index contributed by atoms with van der Waals surface area (Å²) in [5.41, 5.74) is -0.502. The Morgan fingerprint density at radius 1 is 0.545 bits per heavy atom. The van der Waals surface area contributed by atoms with E-state index in [-0.39, 0.29) is 23.7 Å². The highest BCUT2D eigenvalue weighted by atomic mass is 16.6. The third-order valence-electron chi connectivity index (χ3n) is 6.32. The lowest BCUT2D eigenvalue weighted by atomic mass is 10.1. The number of rotatable bonds is 33. The van der Waals surface area contributed by atoms with Crippen LogP contribution >= 0.6 is 0 Å². The van der Waals surface area contributed by atoms with E-state index in [9.17, 15) is 20.2 Å². The molecule has 0 amide bonds. The van der Waals surface area contributed by atoms with E-state index in [1.807, 2.05) is 0 Å². The van der Waals surface area contributed by atoms with Crippen molar-refractivity contribution in [1.29, 1.82) is 0 Å². The predicted octanol–water partition coefficient (Wildman–Crippen LogP) is 5.17. The summed E-state index contributed by atoms with van der Waals surface area (Å²) in [6.45, 7) is 9.44. The highest BCUT2D eigenvalue weighted by Gasteiger charge is 2.19. The molecule has 0 radical (unpaired) electrons. The van der Waals surface area contributed by atoms with Crippen molar-refractivity contribution in [3.8, 4) is 0 Å². The van der Waals surface area contributed by atoms with Crippen molar-refractivity contribution < 1.29 is 43.0 Å². The van der Waals surface area contributed by atoms with Crippen LogP contribution in [0, 0.1) is 20.2 Å². The first-order valence-corrected chi connectivity index (χ1v) is 15.8. The summed E-state index contributed by atoms with van der Waals surface area (Å²) in [4.78, 5) is 20.6. The molecule has 0 bridgehead atoms. The topological polar surface area (TPSA) is 163 Å². The van der Waals surface area contributed by atoms with E-state index in [0.29, 0.717) is 85.8 Å². The highest BCUT2D eigenvalue weighted by molar-refractivity contribution is 5.65. The third-order valence-corrected chi connectivity index (χ3v) is 6.32. The summed E-state index contributed by atoms with van der Waals surface area (Å²) in [7, 11) is 0. The third kappa shape index (κ3) is 23.0. The number of nitrogens with zero attached hydrogens (tertiary/aromatic N) is 2. The number of nitro benzene ring substituents is 2. The van der Waals surface area contributed by atoms with Gasteiger partial charge in [0.25, 0.3) is 11.4 Å². The van der Waals surface area contributed by atoms with Crippen LogP contribution in [0.15, 0.2) is 18.2 Å². The molecule has 254 valence electrons. The van der Waals surface area contributed by atoms with Crippen molar-refractivity contribution in [2.75, 3.05) is 104 Å². The monoisotopic (exact) mass is 631 g/mol. The first kappa shape index (κ1) is 39.6. The molecule has 1 aromatic carbocycles. The van der Waals surface area contributed by atoms with Gasteiger partial charge in [0.05, 0.1) is 102 Å². The molecule has 1 N–H and O–H groups in total. The summed E-state index contributed by atoms with van der Waals surface area (Å²) in [5, 5.41) is 24.8. The van der Waals surface area contributed by atoms with Gasteiger partial charge in [-0.25, -0.2) is 0 Å². The zero-order chi connectivity index (χ0) is 31.9. The maximum absolute atomic E-state index is 11.1. The van der Waals surface area contributed by atoms with Crippen LogP contribution in [-0.2, 0) is 33.2 Å². The molecular weight excluding hydrogens is 578 g/mol. The van der Waals surface area contributed by atoms with Crippen LogP contribution in [0.3, 0.4) is 0 Å². The van der Waals surface area contributed by atoms with Crippen LogP contribution in [0.2, 0.25) is 0 Å². The molecule has 0 aliphatic rings. The van der Waals surface area contributed by atoms with E-state index in [1.165, 1.54) is 57.1 Å². The fourth-order valence-corrected chi connectivity index (χ4v) is 3.95. The second-order valence-electron chi connectivity index (χ2n) is 9.90. The number of nitrogens with one attached hydrogen (secondary N) is 1. The fourth-order valence-electron chi connectivity index (χ4n) is 3.95. The minimum Gasteiger partial charge on any atom is -0.379 e. The van der Waals surface area contributed by atoms with Crippen molar-refractivity contribution >= 4 is 17.1 Å². The van der Waals surface area contributed by atoms with Gasteiger partial charge in [-0.3, -0.25) is 20.2 Å². The highest BCUT2D eigenvalue weighted by Crippen LogP contribution is 2.28. The molecule has 0 heterocycles. The summed E-state index contributed by atoms with van der Waals surface area (Å²) >= 11 is 0. The number of non-ortho nitro benzene ring substituents is 1. The van der Waals surface area contributed by atoms with Gasteiger partial charge in [0.15, 0.2) is 0 Å². The molecule has 0 aromatic heterocycles. The van der Waals surface area contributed by atoms with Gasteiger partial charge in [-0.05, 0) is 12.5 Å². The number of hydrogen-bond acceptors (Lipinski definition) is 12. The Labute approximate surface area is 261 Å². The van der Waals surface area contributed by atoms with Crippen LogP contribution in [0.5, 0.6) is 0 Å². The number of benzene rings is 1. The predicted molar refractivity (Wildman–Crippen MR) is 167 cm³/mol. The van der Waals surface area contributed by atoms with E-state index in [2.05, 4.69) is 12.2 Å². The molecule has 1 rings (SSSR count). The Hall–Kier alpha value is -2.46. The van der Waals surface area contributed by atoms with Crippen LogP contribution in [0.4, 0.5) is 17.1 Å². The van der Waals surface area contributed by atoms with E-state index in [1.54, 1.807) is 0 Å². The molecular formula is C30H53N3O11. The molecule has 0 spiro atoms. The number of unbranched alkanes of at least 4 members (excludes halogenated alkanes) is 7. The van der Waals surface area contributed by atoms with Gasteiger partial charge in [0.1, 0.15) is 5.69 Å². The fraction of sp³-hybridized carbons (Fsp3) is 0.800. The van der Waals surface area contributed by atoms with Gasteiger partial charge < -0.3 is 38.5 Å². The smallest absolute Gasteiger partial charge is 0.299 e. The largest absolute Gasteiger partial charge is 0.379 e. The summed E-state index contributed by atoms with van der Waals surface area (Å²) in [6, 6.07) is 3.45. The Morgan fingerprint density at radius 3 is 1.39 bits per heavy atom. The molecule has 0 fully saturated rings. The minimum atomic E-state index is -0.675.